The molecule has 0 bridgehead atoms. The summed E-state index contributed by atoms with van der Waals surface area (Å²) in [6, 6.07) is 16.7. The van der Waals surface area contributed by atoms with Crippen molar-refractivity contribution >= 4 is 27.8 Å². The maximum atomic E-state index is 13.3. The minimum absolute atomic E-state index is 0.0871. The first-order valence-electron chi connectivity index (χ1n) is 12.6. The highest BCUT2D eigenvalue weighted by atomic mass is 19.3. The van der Waals surface area contributed by atoms with Crippen LogP contribution in [0.15, 0.2) is 71.7 Å². The molecule has 196 valence electrons. The quantitative estimate of drug-likeness (QED) is 0.290. The first-order valence-corrected chi connectivity index (χ1v) is 12.6. The lowest BCUT2D eigenvalue weighted by Crippen LogP contribution is -2.21. The molecule has 3 heterocycles. The Morgan fingerprint density at radius 1 is 1.13 bits per heavy atom. The highest BCUT2D eigenvalue weighted by molar-refractivity contribution is 6.08. The Morgan fingerprint density at radius 2 is 1.97 bits per heavy atom. The second-order valence-electron chi connectivity index (χ2n) is 9.76. The van der Waals surface area contributed by atoms with Crippen LogP contribution >= 0.6 is 0 Å². The van der Waals surface area contributed by atoms with Gasteiger partial charge in [0, 0.05) is 40.6 Å². The van der Waals surface area contributed by atoms with E-state index in [1.54, 1.807) is 35.0 Å². The van der Waals surface area contributed by atoms with Crippen LogP contribution in [0.3, 0.4) is 0 Å². The monoisotopic (exact) mass is 526 g/mol. The third-order valence-electron chi connectivity index (χ3n) is 7.34. The molecule has 6 rings (SSSR count). The molecule has 0 aliphatic carbocycles. The van der Waals surface area contributed by atoms with Crippen LogP contribution in [0.2, 0.25) is 0 Å². The zero-order chi connectivity index (χ0) is 27.3. The second kappa shape index (κ2) is 9.62. The molecule has 0 spiro atoms. The van der Waals surface area contributed by atoms with E-state index in [-0.39, 0.29) is 24.1 Å². The Labute approximate surface area is 222 Å². The molecule has 1 aliphatic rings. The Bertz CT molecular complexity index is 1840. The summed E-state index contributed by atoms with van der Waals surface area (Å²) in [5.74, 6) is -0.245. The van der Waals surface area contributed by atoms with E-state index in [1.807, 2.05) is 25.1 Å². The third kappa shape index (κ3) is 4.31. The number of rotatable bonds is 6. The molecule has 0 fully saturated rings. The molecule has 0 amide bonds. The number of hydrogen-bond acceptors (Lipinski definition) is 4. The summed E-state index contributed by atoms with van der Waals surface area (Å²) in [6.45, 7) is 2.48. The number of carboxylic acids is 1. The molecule has 0 radical (unpaired) electrons. The van der Waals surface area contributed by atoms with Crippen LogP contribution in [-0.2, 0) is 24.2 Å². The van der Waals surface area contributed by atoms with Gasteiger partial charge in [-0.2, -0.15) is 0 Å². The van der Waals surface area contributed by atoms with Gasteiger partial charge in [0.25, 0.3) is 12.0 Å². The van der Waals surface area contributed by atoms with Crippen LogP contribution in [0.4, 0.5) is 8.78 Å². The van der Waals surface area contributed by atoms with Crippen LogP contribution < -0.4 is 10.3 Å². The molecule has 1 aliphatic heterocycles. The number of aryl methyl sites for hydroxylation is 1. The normalized spacial score (nSPS) is 12.7. The highest BCUT2D eigenvalue weighted by Crippen LogP contribution is 2.42. The maximum Gasteiger partial charge on any atom is 0.307 e. The molecular weight excluding hydrogens is 502 g/mol. The maximum absolute atomic E-state index is 13.3. The lowest BCUT2D eigenvalue weighted by atomic mass is 9.87. The average molecular weight is 527 g/mol. The van der Waals surface area contributed by atoms with Gasteiger partial charge in [-0.3, -0.25) is 14.6 Å². The molecule has 8 heteroatoms. The van der Waals surface area contributed by atoms with Crippen molar-refractivity contribution < 1.29 is 23.4 Å². The number of carbonyl (C=O) groups is 1. The van der Waals surface area contributed by atoms with Crippen molar-refractivity contribution in [2.75, 3.05) is 6.61 Å². The van der Waals surface area contributed by atoms with Crippen molar-refractivity contribution in [2.45, 2.75) is 32.7 Å². The summed E-state index contributed by atoms with van der Waals surface area (Å²) in [4.78, 5) is 29.8. The van der Waals surface area contributed by atoms with Crippen LogP contribution in [0.1, 0.15) is 34.2 Å². The van der Waals surface area contributed by atoms with Gasteiger partial charge in [-0.25, -0.2) is 8.78 Å². The summed E-state index contributed by atoms with van der Waals surface area (Å²) >= 11 is 0. The Kier molecular flexibility index (Phi) is 6.10. The van der Waals surface area contributed by atoms with Gasteiger partial charge in [0.1, 0.15) is 5.75 Å². The minimum Gasteiger partial charge on any atom is -0.493 e. The number of pyridine rings is 2. The van der Waals surface area contributed by atoms with Crippen LogP contribution in [0.5, 0.6) is 5.75 Å². The molecule has 0 atom stereocenters. The molecule has 6 nitrogen and oxygen atoms in total. The lowest BCUT2D eigenvalue weighted by molar-refractivity contribution is -0.136. The predicted octanol–water partition coefficient (Wildman–Crippen LogP) is 6.07. The van der Waals surface area contributed by atoms with E-state index in [1.165, 1.54) is 18.2 Å². The van der Waals surface area contributed by atoms with Crippen molar-refractivity contribution in [1.82, 2.24) is 9.55 Å². The first-order chi connectivity index (χ1) is 18.8. The van der Waals surface area contributed by atoms with Gasteiger partial charge in [0.2, 0.25) is 0 Å². The number of fused-ring (bicyclic) bond motifs is 1. The zero-order valence-corrected chi connectivity index (χ0v) is 21.1. The topological polar surface area (TPSA) is 81.4 Å². The molecular formula is C31H24F2N2O4. The Morgan fingerprint density at radius 3 is 2.77 bits per heavy atom. The van der Waals surface area contributed by atoms with Crippen molar-refractivity contribution in [1.29, 1.82) is 0 Å². The van der Waals surface area contributed by atoms with Gasteiger partial charge in [0.15, 0.2) is 0 Å². The number of alkyl halides is 2. The van der Waals surface area contributed by atoms with Gasteiger partial charge < -0.3 is 14.4 Å². The number of aromatic nitrogens is 2. The van der Waals surface area contributed by atoms with Gasteiger partial charge in [0.05, 0.1) is 30.6 Å². The Balaban J connectivity index is 1.65. The lowest BCUT2D eigenvalue weighted by Gasteiger charge is -2.22. The van der Waals surface area contributed by atoms with Gasteiger partial charge in [-0.05, 0) is 71.1 Å². The van der Waals surface area contributed by atoms with Gasteiger partial charge in [-0.15, -0.1) is 0 Å². The number of hydrogen-bond donors (Lipinski definition) is 1. The summed E-state index contributed by atoms with van der Waals surface area (Å²) in [5.41, 5.74) is 5.32. The molecule has 1 N–H and O–H groups in total. The number of ether oxygens (including phenoxy) is 1. The van der Waals surface area contributed by atoms with Crippen molar-refractivity contribution in [2.24, 2.45) is 0 Å². The van der Waals surface area contributed by atoms with Crippen molar-refractivity contribution in [3.05, 3.63) is 105 Å². The number of nitrogens with zero attached hydrogens (tertiary/aromatic N) is 2. The van der Waals surface area contributed by atoms with Gasteiger partial charge >= 0.3 is 5.97 Å². The largest absolute Gasteiger partial charge is 0.493 e. The summed E-state index contributed by atoms with van der Waals surface area (Å²) in [6.07, 6.45) is -0.349. The SMILES string of the molecule is Cc1cc2c(ccc(=O)n2Cc2cccc(C(F)F)c2)c(-c2ccc3c4c(ccnc24)CCO3)c1CC(=O)O. The summed E-state index contributed by atoms with van der Waals surface area (Å²) < 4.78 is 34.1. The fourth-order valence-electron chi connectivity index (χ4n) is 5.58. The summed E-state index contributed by atoms with van der Waals surface area (Å²) in [7, 11) is 0. The number of aliphatic carboxylic acids is 1. The molecule has 39 heavy (non-hydrogen) atoms. The van der Waals surface area contributed by atoms with Crippen LogP contribution in [0, 0.1) is 6.92 Å². The molecule has 0 saturated carbocycles. The number of carboxylic acid groups (broad SMARTS) is 1. The van der Waals surface area contributed by atoms with E-state index in [9.17, 15) is 23.5 Å². The second-order valence-corrected chi connectivity index (χ2v) is 9.76. The number of benzene rings is 3. The van der Waals surface area contributed by atoms with E-state index in [2.05, 4.69) is 4.98 Å². The standard InChI is InChI=1S/C31H24F2N2O4/c1-17-13-24-21(6-8-26(36)35(24)16-18-3-2-4-20(14-18)31(32)33)29(23(17)15-27(37)38)22-5-7-25-28-19(10-12-39-25)9-11-34-30(22)28/h2-9,11,13-14,31H,10,12,15-16H2,1H3,(H,37,38). The van der Waals surface area contributed by atoms with E-state index in [4.69, 9.17) is 4.74 Å². The van der Waals surface area contributed by atoms with Crippen LogP contribution in [0.25, 0.3) is 32.9 Å². The highest BCUT2D eigenvalue weighted by Gasteiger charge is 2.23. The van der Waals surface area contributed by atoms with E-state index in [0.29, 0.717) is 45.3 Å². The third-order valence-corrected chi connectivity index (χ3v) is 7.34. The van der Waals surface area contributed by atoms with E-state index < -0.39 is 12.4 Å². The molecule has 0 saturated heterocycles. The minimum atomic E-state index is -2.62. The average Bonchev–Trinajstić information content (AvgIpc) is 2.92. The zero-order valence-electron chi connectivity index (χ0n) is 21.1. The van der Waals surface area contributed by atoms with E-state index in [0.717, 1.165) is 28.7 Å². The fraction of sp³-hybridized carbons (Fsp3) is 0.194. The number of halogens is 2. The van der Waals surface area contributed by atoms with E-state index >= 15 is 0 Å². The van der Waals surface area contributed by atoms with Crippen molar-refractivity contribution in [3.63, 3.8) is 0 Å². The van der Waals surface area contributed by atoms with Gasteiger partial charge in [-0.1, -0.05) is 18.2 Å². The molecule has 0 unspecified atom stereocenters. The van der Waals surface area contributed by atoms with Crippen LogP contribution in [-0.4, -0.2) is 27.2 Å². The predicted molar refractivity (Wildman–Crippen MR) is 145 cm³/mol. The summed E-state index contributed by atoms with van der Waals surface area (Å²) in [5, 5.41) is 11.4. The molecule has 2 aromatic heterocycles. The molecule has 5 aromatic rings. The Hall–Kier alpha value is -4.59. The van der Waals surface area contributed by atoms with Crippen molar-refractivity contribution in [3.8, 4) is 16.9 Å². The smallest absolute Gasteiger partial charge is 0.307 e. The first kappa shape index (κ1) is 24.7. The molecule has 3 aromatic carbocycles. The fourth-order valence-corrected chi connectivity index (χ4v) is 5.58.